The van der Waals surface area contributed by atoms with Gasteiger partial charge in [-0.2, -0.15) is 10.2 Å². The Hall–Kier alpha value is -3.68. The minimum atomic E-state index is -0.338. The summed E-state index contributed by atoms with van der Waals surface area (Å²) in [6.45, 7) is 3.91. The number of hydrazone groups is 2. The molecule has 0 aliphatic rings. The van der Waals surface area contributed by atoms with Crippen LogP contribution in [-0.4, -0.2) is 37.5 Å². The third kappa shape index (κ3) is 7.54. The molecule has 8 nitrogen and oxygen atoms in total. The quantitative estimate of drug-likeness (QED) is 0.413. The van der Waals surface area contributed by atoms with Gasteiger partial charge in [0.05, 0.1) is 25.6 Å². The second kappa shape index (κ2) is 12.9. The maximum absolute atomic E-state index is 12.1. The number of benzene rings is 2. The van der Waals surface area contributed by atoms with E-state index in [1.807, 2.05) is 62.4 Å². The van der Waals surface area contributed by atoms with Gasteiger partial charge in [0, 0.05) is 12.8 Å². The molecule has 32 heavy (non-hydrogen) atoms. The molecule has 0 radical (unpaired) electrons. The predicted molar refractivity (Wildman–Crippen MR) is 125 cm³/mol. The summed E-state index contributed by atoms with van der Waals surface area (Å²) in [5.41, 5.74) is 8.30. The molecule has 2 rings (SSSR count). The summed E-state index contributed by atoms with van der Waals surface area (Å²) < 4.78 is 10.3. The zero-order valence-electron chi connectivity index (χ0n) is 19.0. The molecular formula is C24H30N4O4. The molecule has 2 aromatic carbocycles. The number of rotatable bonds is 11. The Balaban J connectivity index is 1.85. The highest BCUT2D eigenvalue weighted by Gasteiger charge is 2.09. The molecule has 0 bridgehead atoms. The van der Waals surface area contributed by atoms with Gasteiger partial charge in [-0.05, 0) is 72.5 Å². The van der Waals surface area contributed by atoms with Gasteiger partial charge in [0.15, 0.2) is 0 Å². The maximum Gasteiger partial charge on any atom is 0.240 e. The number of nitrogens with zero attached hydrogens (tertiary/aromatic N) is 2. The summed E-state index contributed by atoms with van der Waals surface area (Å²) in [6, 6.07) is 14.9. The van der Waals surface area contributed by atoms with E-state index in [0.717, 1.165) is 34.0 Å². The largest absolute Gasteiger partial charge is 0.497 e. The summed E-state index contributed by atoms with van der Waals surface area (Å²) in [4.78, 5) is 24.2. The Morgan fingerprint density at radius 3 is 1.31 bits per heavy atom. The van der Waals surface area contributed by atoms with Gasteiger partial charge >= 0.3 is 0 Å². The van der Waals surface area contributed by atoms with Crippen LogP contribution in [0, 0.1) is 0 Å². The van der Waals surface area contributed by atoms with Crippen molar-refractivity contribution in [3.63, 3.8) is 0 Å². The van der Waals surface area contributed by atoms with E-state index in [1.165, 1.54) is 0 Å². The number of nitrogens with one attached hydrogen (secondary N) is 2. The highest BCUT2D eigenvalue weighted by atomic mass is 16.5. The Bertz CT molecular complexity index is 871. The Labute approximate surface area is 188 Å². The van der Waals surface area contributed by atoms with Crippen molar-refractivity contribution in [3.05, 3.63) is 59.7 Å². The summed E-state index contributed by atoms with van der Waals surface area (Å²) in [5.74, 6) is 0.823. The molecule has 0 fully saturated rings. The van der Waals surface area contributed by atoms with Crippen molar-refractivity contribution in [2.24, 2.45) is 10.2 Å². The van der Waals surface area contributed by atoms with Crippen LogP contribution in [0.4, 0.5) is 0 Å². The molecule has 0 unspecified atom stereocenters. The Morgan fingerprint density at radius 2 is 1.03 bits per heavy atom. The van der Waals surface area contributed by atoms with Crippen molar-refractivity contribution in [2.75, 3.05) is 14.2 Å². The molecule has 0 saturated carbocycles. The highest BCUT2D eigenvalue weighted by Crippen LogP contribution is 2.14. The Kier molecular flexibility index (Phi) is 9.90. The van der Waals surface area contributed by atoms with Crippen LogP contribution in [0.15, 0.2) is 58.7 Å². The van der Waals surface area contributed by atoms with Crippen LogP contribution in [-0.2, 0) is 9.59 Å². The third-order valence-corrected chi connectivity index (χ3v) is 4.73. The SMILES string of the molecule is CC/C(=N\NC(=O)CCC(=O)N/N=C(\CC)c1ccc(OC)cc1)c1ccc(OC)cc1. The van der Waals surface area contributed by atoms with Crippen molar-refractivity contribution in [3.8, 4) is 11.5 Å². The van der Waals surface area contributed by atoms with Gasteiger partial charge in [-0.15, -0.1) is 0 Å². The highest BCUT2D eigenvalue weighted by molar-refractivity contribution is 6.01. The van der Waals surface area contributed by atoms with Crippen LogP contribution in [0.3, 0.4) is 0 Å². The number of hydrogen-bond donors (Lipinski definition) is 2. The van der Waals surface area contributed by atoms with Crippen LogP contribution >= 0.6 is 0 Å². The molecule has 8 heteroatoms. The van der Waals surface area contributed by atoms with E-state index >= 15 is 0 Å². The van der Waals surface area contributed by atoms with Crippen LogP contribution < -0.4 is 20.3 Å². The maximum atomic E-state index is 12.1. The lowest BCUT2D eigenvalue weighted by Crippen LogP contribution is -2.24. The standard InChI is InChI=1S/C24H30N4O4/c1-5-21(17-7-11-19(31-3)12-8-17)25-27-23(29)15-16-24(30)28-26-22(6-2)18-9-13-20(32-4)14-10-18/h7-14H,5-6,15-16H2,1-4H3,(H,27,29)(H,28,30)/b25-21+,26-22+. The fraction of sp³-hybridized carbons (Fsp3) is 0.333. The summed E-state index contributed by atoms with van der Waals surface area (Å²) in [7, 11) is 3.21. The van der Waals surface area contributed by atoms with E-state index < -0.39 is 0 Å². The van der Waals surface area contributed by atoms with Crippen molar-refractivity contribution < 1.29 is 19.1 Å². The van der Waals surface area contributed by atoms with Gasteiger partial charge in [-0.1, -0.05) is 13.8 Å². The van der Waals surface area contributed by atoms with Gasteiger partial charge in [-0.25, -0.2) is 10.9 Å². The van der Waals surface area contributed by atoms with Crippen LogP contribution in [0.1, 0.15) is 50.7 Å². The average molecular weight is 439 g/mol. The number of carbonyl (C=O) groups excluding carboxylic acids is 2. The third-order valence-electron chi connectivity index (χ3n) is 4.73. The number of hydrogen-bond acceptors (Lipinski definition) is 6. The zero-order valence-corrected chi connectivity index (χ0v) is 19.0. The van der Waals surface area contributed by atoms with E-state index in [9.17, 15) is 9.59 Å². The fourth-order valence-corrected chi connectivity index (χ4v) is 2.86. The summed E-state index contributed by atoms with van der Waals surface area (Å²) >= 11 is 0. The molecular weight excluding hydrogens is 408 g/mol. The minimum absolute atomic E-state index is 0.00839. The van der Waals surface area contributed by atoms with Gasteiger partial charge < -0.3 is 9.47 Å². The van der Waals surface area contributed by atoms with E-state index in [0.29, 0.717) is 12.8 Å². The lowest BCUT2D eigenvalue weighted by atomic mass is 10.1. The van der Waals surface area contributed by atoms with Gasteiger partial charge in [0.2, 0.25) is 11.8 Å². The lowest BCUT2D eigenvalue weighted by Gasteiger charge is -2.07. The fourth-order valence-electron chi connectivity index (χ4n) is 2.86. The minimum Gasteiger partial charge on any atom is -0.497 e. The zero-order chi connectivity index (χ0) is 23.3. The molecule has 0 spiro atoms. The van der Waals surface area contributed by atoms with Crippen molar-refractivity contribution in [1.29, 1.82) is 0 Å². The topological polar surface area (TPSA) is 101 Å². The predicted octanol–water partition coefficient (Wildman–Crippen LogP) is 3.64. The molecule has 2 aromatic rings. The number of carbonyl (C=O) groups is 2. The Morgan fingerprint density at radius 1 is 0.688 bits per heavy atom. The number of methoxy groups -OCH3 is 2. The first-order valence-electron chi connectivity index (χ1n) is 10.5. The molecule has 0 heterocycles. The average Bonchev–Trinajstić information content (AvgIpc) is 2.84. The second-order valence-corrected chi connectivity index (χ2v) is 6.85. The van der Waals surface area contributed by atoms with Crippen molar-refractivity contribution >= 4 is 23.2 Å². The van der Waals surface area contributed by atoms with Crippen LogP contribution in [0.2, 0.25) is 0 Å². The normalized spacial score (nSPS) is 11.6. The van der Waals surface area contributed by atoms with Crippen molar-refractivity contribution in [1.82, 2.24) is 10.9 Å². The summed E-state index contributed by atoms with van der Waals surface area (Å²) in [6.07, 6.45) is 1.31. The molecule has 0 saturated heterocycles. The molecule has 0 aliphatic carbocycles. The van der Waals surface area contributed by atoms with Crippen LogP contribution in [0.25, 0.3) is 0 Å². The van der Waals surface area contributed by atoms with Gasteiger partial charge in [0.1, 0.15) is 11.5 Å². The van der Waals surface area contributed by atoms with E-state index in [1.54, 1.807) is 14.2 Å². The van der Waals surface area contributed by atoms with E-state index in [2.05, 4.69) is 21.1 Å². The molecule has 0 aliphatic heterocycles. The molecule has 2 N–H and O–H groups in total. The first-order chi connectivity index (χ1) is 15.5. The smallest absolute Gasteiger partial charge is 0.240 e. The first-order valence-corrected chi connectivity index (χ1v) is 10.5. The summed E-state index contributed by atoms with van der Waals surface area (Å²) in [5, 5.41) is 8.39. The van der Waals surface area contributed by atoms with E-state index in [-0.39, 0.29) is 24.7 Å². The first kappa shape index (κ1) is 24.6. The van der Waals surface area contributed by atoms with Crippen molar-refractivity contribution in [2.45, 2.75) is 39.5 Å². The molecule has 0 aromatic heterocycles. The molecule has 0 atom stereocenters. The molecule has 170 valence electrons. The van der Waals surface area contributed by atoms with Crippen LogP contribution in [0.5, 0.6) is 11.5 Å². The lowest BCUT2D eigenvalue weighted by molar-refractivity contribution is -0.126. The number of ether oxygens (including phenoxy) is 2. The molecule has 2 amide bonds. The van der Waals surface area contributed by atoms with Gasteiger partial charge in [0.25, 0.3) is 0 Å². The van der Waals surface area contributed by atoms with E-state index in [4.69, 9.17) is 9.47 Å². The number of amides is 2. The van der Waals surface area contributed by atoms with Gasteiger partial charge in [-0.3, -0.25) is 9.59 Å². The second-order valence-electron chi connectivity index (χ2n) is 6.85. The monoisotopic (exact) mass is 438 g/mol.